The average molecular weight is 543 g/mol. The second-order valence-electron chi connectivity index (χ2n) is 8.45. The Bertz CT molecular complexity index is 1350. The van der Waals surface area contributed by atoms with Gasteiger partial charge in [0.15, 0.2) is 23.2 Å². The molecular formula is C25H25BrF2N6O. The Balaban J connectivity index is 1.33. The van der Waals surface area contributed by atoms with Crippen LogP contribution in [0, 0.1) is 18.6 Å². The zero-order valence-corrected chi connectivity index (χ0v) is 21.0. The van der Waals surface area contributed by atoms with Gasteiger partial charge in [0.25, 0.3) is 0 Å². The van der Waals surface area contributed by atoms with Crippen LogP contribution in [0.4, 0.5) is 26.0 Å². The lowest BCUT2D eigenvalue weighted by Crippen LogP contribution is -2.46. The SMILES string of the molecule is CCN1CCN(c2ccc(Nc3ncnc(Oc4cc(F)c5[nH]c(C)cc5c4F)c3Br)cc2)CC1. The molecule has 0 unspecified atom stereocenters. The molecule has 1 saturated heterocycles. The number of halogens is 3. The molecule has 5 rings (SSSR count). The average Bonchev–Trinajstić information content (AvgIpc) is 3.28. The maximum atomic E-state index is 15.0. The second-order valence-corrected chi connectivity index (χ2v) is 9.24. The molecule has 1 aliphatic heterocycles. The van der Waals surface area contributed by atoms with Crippen LogP contribution in [-0.4, -0.2) is 52.6 Å². The number of rotatable bonds is 6. The van der Waals surface area contributed by atoms with Crippen molar-refractivity contribution in [1.29, 1.82) is 0 Å². The van der Waals surface area contributed by atoms with Crippen LogP contribution >= 0.6 is 15.9 Å². The quantitative estimate of drug-likeness (QED) is 0.312. The summed E-state index contributed by atoms with van der Waals surface area (Å²) in [5, 5.41) is 3.35. The highest BCUT2D eigenvalue weighted by Gasteiger charge is 2.19. The zero-order chi connectivity index (χ0) is 24.5. The number of nitrogens with one attached hydrogen (secondary N) is 2. The molecule has 2 N–H and O–H groups in total. The van der Waals surface area contributed by atoms with E-state index in [9.17, 15) is 8.78 Å². The molecule has 0 radical (unpaired) electrons. The minimum absolute atomic E-state index is 0.0674. The molecule has 3 heterocycles. The van der Waals surface area contributed by atoms with E-state index in [1.165, 1.54) is 18.1 Å². The number of fused-ring (bicyclic) bond motifs is 1. The third kappa shape index (κ3) is 4.81. The first-order valence-electron chi connectivity index (χ1n) is 11.4. The maximum absolute atomic E-state index is 15.0. The van der Waals surface area contributed by atoms with Crippen LogP contribution in [0.2, 0.25) is 0 Å². The number of aromatic nitrogens is 3. The molecule has 0 bridgehead atoms. The van der Waals surface area contributed by atoms with Crippen molar-refractivity contribution in [1.82, 2.24) is 19.9 Å². The molecule has 35 heavy (non-hydrogen) atoms. The van der Waals surface area contributed by atoms with Gasteiger partial charge in [-0.15, -0.1) is 0 Å². The first kappa shape index (κ1) is 23.5. The smallest absolute Gasteiger partial charge is 0.239 e. The van der Waals surface area contributed by atoms with Crippen molar-refractivity contribution < 1.29 is 13.5 Å². The van der Waals surface area contributed by atoms with Crippen LogP contribution in [0.3, 0.4) is 0 Å². The van der Waals surface area contributed by atoms with E-state index in [1.807, 2.05) is 12.1 Å². The van der Waals surface area contributed by atoms with Gasteiger partial charge in [0.1, 0.15) is 10.8 Å². The van der Waals surface area contributed by atoms with E-state index in [0.717, 1.165) is 44.5 Å². The fraction of sp³-hybridized carbons (Fsp3) is 0.280. The van der Waals surface area contributed by atoms with Gasteiger partial charge < -0.3 is 24.8 Å². The molecule has 2 aromatic carbocycles. The molecule has 4 aromatic rings. The molecule has 182 valence electrons. The Morgan fingerprint density at radius 2 is 1.83 bits per heavy atom. The topological polar surface area (TPSA) is 69.3 Å². The van der Waals surface area contributed by atoms with Gasteiger partial charge in [0.05, 0.1) is 5.52 Å². The van der Waals surface area contributed by atoms with E-state index < -0.39 is 11.6 Å². The highest BCUT2D eigenvalue weighted by Crippen LogP contribution is 2.37. The summed E-state index contributed by atoms with van der Waals surface area (Å²) < 4.78 is 35.5. The lowest BCUT2D eigenvalue weighted by Gasteiger charge is -2.35. The molecule has 2 aromatic heterocycles. The Morgan fingerprint density at radius 3 is 2.54 bits per heavy atom. The van der Waals surface area contributed by atoms with Crippen LogP contribution in [0.25, 0.3) is 10.9 Å². The van der Waals surface area contributed by atoms with Crippen molar-refractivity contribution in [3.8, 4) is 11.6 Å². The highest BCUT2D eigenvalue weighted by atomic mass is 79.9. The predicted molar refractivity (Wildman–Crippen MR) is 137 cm³/mol. The lowest BCUT2D eigenvalue weighted by molar-refractivity contribution is 0.271. The number of nitrogens with zero attached hydrogens (tertiary/aromatic N) is 4. The molecule has 1 fully saturated rings. The number of ether oxygens (including phenoxy) is 1. The predicted octanol–water partition coefficient (Wildman–Crippen LogP) is 5.98. The molecule has 0 atom stereocenters. The summed E-state index contributed by atoms with van der Waals surface area (Å²) in [6.45, 7) is 9.14. The van der Waals surface area contributed by atoms with Crippen molar-refractivity contribution in [3.63, 3.8) is 0 Å². The van der Waals surface area contributed by atoms with Gasteiger partial charge in [-0.1, -0.05) is 6.92 Å². The van der Waals surface area contributed by atoms with Crippen molar-refractivity contribution in [2.24, 2.45) is 0 Å². The van der Waals surface area contributed by atoms with Gasteiger partial charge in [-0.05, 0) is 59.7 Å². The summed E-state index contributed by atoms with van der Waals surface area (Å²) in [6, 6.07) is 10.7. The third-order valence-corrected chi connectivity index (χ3v) is 6.90. The van der Waals surface area contributed by atoms with E-state index in [4.69, 9.17) is 4.74 Å². The number of benzene rings is 2. The standard InChI is InChI=1S/C25H25BrF2N6O/c1-3-33-8-10-34(11-9-33)17-6-4-16(5-7-17)32-24-21(26)25(30-14-29-24)35-20-13-19(27)23-18(22(20)28)12-15(2)31-23/h4-7,12-14,31H,3,8-11H2,1-2H3,(H,29,30,32). The third-order valence-electron chi connectivity index (χ3n) is 6.18. The summed E-state index contributed by atoms with van der Waals surface area (Å²) in [7, 11) is 0. The number of piperazine rings is 1. The first-order chi connectivity index (χ1) is 16.9. The fourth-order valence-corrected chi connectivity index (χ4v) is 4.62. The highest BCUT2D eigenvalue weighted by molar-refractivity contribution is 9.10. The monoisotopic (exact) mass is 542 g/mol. The van der Waals surface area contributed by atoms with E-state index in [2.05, 4.69) is 65.1 Å². The Morgan fingerprint density at radius 1 is 1.09 bits per heavy atom. The summed E-state index contributed by atoms with van der Waals surface area (Å²) in [4.78, 5) is 16.0. The Kier molecular flexibility index (Phi) is 6.57. The van der Waals surface area contributed by atoms with Gasteiger partial charge >= 0.3 is 0 Å². The lowest BCUT2D eigenvalue weighted by atomic mass is 10.2. The van der Waals surface area contributed by atoms with E-state index in [1.54, 1.807) is 6.92 Å². The molecular weight excluding hydrogens is 518 g/mol. The minimum atomic E-state index is -0.666. The molecule has 0 spiro atoms. The van der Waals surface area contributed by atoms with E-state index in [-0.39, 0.29) is 22.5 Å². The molecule has 1 aliphatic rings. The van der Waals surface area contributed by atoms with E-state index >= 15 is 0 Å². The van der Waals surface area contributed by atoms with Crippen LogP contribution in [-0.2, 0) is 0 Å². The number of hydrogen-bond acceptors (Lipinski definition) is 6. The number of H-pyrrole nitrogens is 1. The summed E-state index contributed by atoms with van der Waals surface area (Å²) >= 11 is 3.43. The van der Waals surface area contributed by atoms with Gasteiger partial charge in [-0.3, -0.25) is 0 Å². The summed E-state index contributed by atoms with van der Waals surface area (Å²) in [6.07, 6.45) is 1.30. The second kappa shape index (κ2) is 9.79. The Labute approximate surface area is 210 Å². The molecule has 0 saturated carbocycles. The van der Waals surface area contributed by atoms with Crippen LogP contribution in [0.15, 0.2) is 47.2 Å². The van der Waals surface area contributed by atoms with Gasteiger partial charge in [-0.2, -0.15) is 0 Å². The largest absolute Gasteiger partial charge is 0.434 e. The molecule has 10 heteroatoms. The minimum Gasteiger partial charge on any atom is -0.434 e. The molecule has 7 nitrogen and oxygen atoms in total. The first-order valence-corrected chi connectivity index (χ1v) is 12.2. The normalized spacial score (nSPS) is 14.5. The Hall–Kier alpha value is -3.24. The maximum Gasteiger partial charge on any atom is 0.239 e. The zero-order valence-electron chi connectivity index (χ0n) is 19.4. The molecule has 0 aliphatic carbocycles. The number of anilines is 3. The number of hydrogen-bond donors (Lipinski definition) is 2. The van der Waals surface area contributed by atoms with Crippen molar-refractivity contribution in [2.75, 3.05) is 42.9 Å². The van der Waals surface area contributed by atoms with Crippen molar-refractivity contribution >= 4 is 44.0 Å². The fourth-order valence-electron chi connectivity index (χ4n) is 4.24. The van der Waals surface area contributed by atoms with Crippen LogP contribution in [0.1, 0.15) is 12.6 Å². The summed E-state index contributed by atoms with van der Waals surface area (Å²) in [5.74, 6) is -1.02. The molecule has 0 amide bonds. The van der Waals surface area contributed by atoms with Crippen LogP contribution in [0.5, 0.6) is 11.6 Å². The van der Waals surface area contributed by atoms with Gasteiger partial charge in [0, 0.05) is 54.7 Å². The van der Waals surface area contributed by atoms with Crippen molar-refractivity contribution in [2.45, 2.75) is 13.8 Å². The number of likely N-dealkylation sites (N-methyl/N-ethyl adjacent to an activating group) is 1. The van der Waals surface area contributed by atoms with Crippen LogP contribution < -0.4 is 15.0 Å². The van der Waals surface area contributed by atoms with E-state index in [0.29, 0.717) is 16.0 Å². The summed E-state index contributed by atoms with van der Waals surface area (Å²) in [5.41, 5.74) is 2.75. The van der Waals surface area contributed by atoms with Gasteiger partial charge in [-0.25, -0.2) is 18.7 Å². The number of aryl methyl sites for hydroxylation is 1. The van der Waals surface area contributed by atoms with Gasteiger partial charge in [0.2, 0.25) is 5.88 Å². The van der Waals surface area contributed by atoms with Crippen molar-refractivity contribution in [3.05, 3.63) is 64.5 Å². The number of aromatic amines is 1.